The number of ether oxygens (including phenoxy) is 1. The van der Waals surface area contributed by atoms with Gasteiger partial charge in [0.15, 0.2) is 5.60 Å². The molecule has 6 nitrogen and oxygen atoms in total. The third kappa shape index (κ3) is 4.54. The average molecular weight is 293 g/mol. The first-order chi connectivity index (χ1) is 8.68. The second-order valence-electron chi connectivity index (χ2n) is 5.63. The first-order valence-electron chi connectivity index (χ1n) is 6.22. The van der Waals surface area contributed by atoms with E-state index in [1.165, 1.54) is 4.90 Å². The molecule has 1 unspecified atom stereocenters. The fourth-order valence-electron chi connectivity index (χ4n) is 1.79. The van der Waals surface area contributed by atoms with Gasteiger partial charge in [0.2, 0.25) is 0 Å². The maximum atomic E-state index is 11.8. The van der Waals surface area contributed by atoms with E-state index < -0.39 is 23.2 Å². The summed E-state index contributed by atoms with van der Waals surface area (Å²) in [5.74, 6) is -0.225. The largest absolute Gasteiger partial charge is 0.444 e. The van der Waals surface area contributed by atoms with Gasteiger partial charge >= 0.3 is 6.09 Å². The number of hydrogen-bond donors (Lipinski definition) is 2. The molecule has 1 heterocycles. The minimum Gasteiger partial charge on any atom is -0.444 e. The Morgan fingerprint density at radius 3 is 2.63 bits per heavy atom. The van der Waals surface area contributed by atoms with Gasteiger partial charge in [-0.1, -0.05) is 0 Å². The molecule has 0 radical (unpaired) electrons. The van der Waals surface area contributed by atoms with Crippen LogP contribution >= 0.6 is 11.6 Å². The number of aliphatic hydroxyl groups is 1. The van der Waals surface area contributed by atoms with Crippen LogP contribution in [0.3, 0.4) is 0 Å². The summed E-state index contributed by atoms with van der Waals surface area (Å²) in [6.07, 6.45) is -0.325. The van der Waals surface area contributed by atoms with Gasteiger partial charge in [0.25, 0.3) is 5.91 Å². The monoisotopic (exact) mass is 292 g/mol. The summed E-state index contributed by atoms with van der Waals surface area (Å²) in [5.41, 5.74) is -2.15. The zero-order valence-corrected chi connectivity index (χ0v) is 12.3. The van der Waals surface area contributed by atoms with Crippen LogP contribution in [0, 0.1) is 0 Å². The van der Waals surface area contributed by atoms with Crippen molar-refractivity contribution < 1.29 is 19.4 Å². The normalized spacial score (nSPS) is 23.3. The quantitative estimate of drug-likeness (QED) is 0.751. The molecule has 19 heavy (non-hydrogen) atoms. The van der Waals surface area contributed by atoms with Gasteiger partial charge in [0, 0.05) is 25.4 Å². The highest BCUT2D eigenvalue weighted by atomic mass is 35.5. The number of likely N-dealkylation sites (tertiary alicyclic amines) is 1. The third-order valence-electron chi connectivity index (χ3n) is 2.70. The van der Waals surface area contributed by atoms with Crippen LogP contribution in [0.25, 0.3) is 0 Å². The fourth-order valence-corrected chi connectivity index (χ4v) is 1.88. The lowest BCUT2D eigenvalue weighted by Gasteiger charge is -2.25. The van der Waals surface area contributed by atoms with E-state index >= 15 is 0 Å². The topological polar surface area (TPSA) is 78.9 Å². The van der Waals surface area contributed by atoms with Crippen molar-refractivity contribution in [3.63, 3.8) is 0 Å². The molecule has 1 fully saturated rings. The number of carbonyl (C=O) groups is 2. The predicted molar refractivity (Wildman–Crippen MR) is 71.1 cm³/mol. The molecule has 1 rings (SSSR count). The van der Waals surface area contributed by atoms with Gasteiger partial charge in [-0.2, -0.15) is 0 Å². The predicted octanol–water partition coefficient (Wildman–Crippen LogP) is 0.713. The van der Waals surface area contributed by atoms with Crippen LogP contribution in [0.2, 0.25) is 0 Å². The second-order valence-corrected chi connectivity index (χ2v) is 6.01. The molecule has 0 bridgehead atoms. The molecule has 1 atom stereocenters. The lowest BCUT2D eigenvalue weighted by atomic mass is 10.0. The summed E-state index contributed by atoms with van der Waals surface area (Å²) in [5, 5.41) is 12.7. The fraction of sp³-hybridized carbons (Fsp3) is 0.833. The SMILES string of the molecule is CC(C)(C)OC(=O)N1CCC(O)(C(=O)NCCCl)C1. The number of halogens is 1. The molecule has 7 heteroatoms. The van der Waals surface area contributed by atoms with E-state index in [0.29, 0.717) is 6.54 Å². The molecule has 0 saturated carbocycles. The van der Waals surface area contributed by atoms with Crippen LogP contribution in [0.4, 0.5) is 4.79 Å². The van der Waals surface area contributed by atoms with Crippen molar-refractivity contribution in [1.82, 2.24) is 10.2 Å². The average Bonchev–Trinajstić information content (AvgIpc) is 2.68. The van der Waals surface area contributed by atoms with E-state index in [1.54, 1.807) is 20.8 Å². The van der Waals surface area contributed by atoms with Gasteiger partial charge in [0.1, 0.15) is 5.60 Å². The van der Waals surface area contributed by atoms with Gasteiger partial charge in [-0.05, 0) is 20.8 Å². The van der Waals surface area contributed by atoms with Gasteiger partial charge < -0.3 is 20.1 Å². The highest BCUT2D eigenvalue weighted by Gasteiger charge is 2.45. The number of carbonyl (C=O) groups excluding carboxylic acids is 2. The number of hydrogen-bond acceptors (Lipinski definition) is 4. The summed E-state index contributed by atoms with van der Waals surface area (Å²) >= 11 is 5.47. The summed E-state index contributed by atoms with van der Waals surface area (Å²) in [4.78, 5) is 24.9. The summed E-state index contributed by atoms with van der Waals surface area (Å²) < 4.78 is 5.20. The molecule has 0 aromatic heterocycles. The van der Waals surface area contributed by atoms with Crippen molar-refractivity contribution in [2.24, 2.45) is 0 Å². The standard InChI is InChI=1S/C12H21ClN2O4/c1-11(2,3)19-10(17)15-7-4-12(18,8-15)9(16)14-6-5-13/h18H,4-8H2,1-3H3,(H,14,16). The molecular weight excluding hydrogens is 272 g/mol. The van der Waals surface area contributed by atoms with E-state index in [9.17, 15) is 14.7 Å². The number of nitrogens with one attached hydrogen (secondary N) is 1. The molecule has 1 saturated heterocycles. The van der Waals surface area contributed by atoms with Gasteiger partial charge in [-0.15, -0.1) is 11.6 Å². The smallest absolute Gasteiger partial charge is 0.410 e. The summed E-state index contributed by atoms with van der Waals surface area (Å²) in [7, 11) is 0. The second kappa shape index (κ2) is 5.96. The van der Waals surface area contributed by atoms with E-state index in [2.05, 4.69) is 5.32 Å². The lowest BCUT2D eigenvalue weighted by Crippen LogP contribution is -2.50. The van der Waals surface area contributed by atoms with Gasteiger partial charge in [-0.3, -0.25) is 4.79 Å². The maximum absolute atomic E-state index is 11.8. The highest BCUT2D eigenvalue weighted by molar-refractivity contribution is 6.18. The Balaban J connectivity index is 2.57. The van der Waals surface area contributed by atoms with Crippen molar-refractivity contribution in [1.29, 1.82) is 0 Å². The Hall–Kier alpha value is -1.01. The molecule has 0 aliphatic carbocycles. The van der Waals surface area contributed by atoms with Crippen LogP contribution in [-0.2, 0) is 9.53 Å². The van der Waals surface area contributed by atoms with Crippen LogP contribution in [0.15, 0.2) is 0 Å². The Labute approximate surface area is 118 Å². The van der Waals surface area contributed by atoms with Crippen molar-refractivity contribution in [2.45, 2.75) is 38.4 Å². The van der Waals surface area contributed by atoms with Crippen LogP contribution in [0.1, 0.15) is 27.2 Å². The minimum absolute atomic E-state index is 0.0595. The molecule has 1 aliphatic rings. The van der Waals surface area contributed by atoms with Crippen molar-refractivity contribution >= 4 is 23.6 Å². The number of rotatable bonds is 3. The number of alkyl halides is 1. The van der Waals surface area contributed by atoms with Crippen molar-refractivity contribution in [2.75, 3.05) is 25.5 Å². The Morgan fingerprint density at radius 2 is 2.11 bits per heavy atom. The number of nitrogens with zero attached hydrogens (tertiary/aromatic N) is 1. The molecule has 0 aromatic rings. The molecule has 1 aliphatic heterocycles. The molecule has 0 spiro atoms. The van der Waals surface area contributed by atoms with E-state index in [4.69, 9.17) is 16.3 Å². The van der Waals surface area contributed by atoms with Crippen LogP contribution in [-0.4, -0.2) is 58.7 Å². The maximum Gasteiger partial charge on any atom is 0.410 e. The zero-order chi connectivity index (χ0) is 14.7. The highest BCUT2D eigenvalue weighted by Crippen LogP contribution is 2.23. The first kappa shape index (κ1) is 16.0. The van der Waals surface area contributed by atoms with Crippen molar-refractivity contribution in [3.8, 4) is 0 Å². The third-order valence-corrected chi connectivity index (χ3v) is 2.89. The van der Waals surface area contributed by atoms with Crippen molar-refractivity contribution in [3.05, 3.63) is 0 Å². The minimum atomic E-state index is -1.55. The Bertz CT molecular complexity index is 356. The Morgan fingerprint density at radius 1 is 1.47 bits per heavy atom. The van der Waals surface area contributed by atoms with Crippen LogP contribution in [0.5, 0.6) is 0 Å². The van der Waals surface area contributed by atoms with Crippen LogP contribution < -0.4 is 5.32 Å². The van der Waals surface area contributed by atoms with Gasteiger partial charge in [-0.25, -0.2) is 4.79 Å². The van der Waals surface area contributed by atoms with Gasteiger partial charge in [0.05, 0.1) is 6.54 Å². The molecule has 2 amide bonds. The summed E-state index contributed by atoms with van der Waals surface area (Å²) in [6, 6.07) is 0. The first-order valence-corrected chi connectivity index (χ1v) is 6.76. The zero-order valence-electron chi connectivity index (χ0n) is 11.5. The summed E-state index contributed by atoms with van der Waals surface area (Å²) in [6.45, 7) is 5.81. The lowest BCUT2D eigenvalue weighted by molar-refractivity contribution is -0.138. The van der Waals surface area contributed by atoms with E-state index in [-0.39, 0.29) is 25.4 Å². The van der Waals surface area contributed by atoms with E-state index in [1.807, 2.05) is 0 Å². The molecule has 0 aromatic carbocycles. The molecule has 2 N–H and O–H groups in total. The van der Waals surface area contributed by atoms with E-state index in [0.717, 1.165) is 0 Å². The molecular formula is C12H21ClN2O4. The molecule has 110 valence electrons. The number of β-amino-alcohol motifs (C(OH)–C–C–N with tert-alkyl or cyclic N) is 1. The number of amides is 2. The Kier molecular flexibility index (Phi) is 5.04.